The van der Waals surface area contributed by atoms with Crippen molar-refractivity contribution < 1.29 is 9.53 Å². The third-order valence-corrected chi connectivity index (χ3v) is 3.74. The number of nitrogens with two attached hydrogens (primary N) is 1. The third-order valence-electron chi connectivity index (χ3n) is 3.74. The largest absolute Gasteiger partial charge is 0.399 e. The van der Waals surface area contributed by atoms with Gasteiger partial charge < -0.3 is 15.8 Å². The first-order valence-electron chi connectivity index (χ1n) is 6.72. The van der Waals surface area contributed by atoms with Crippen LogP contribution in [0.25, 0.3) is 0 Å². The fourth-order valence-electron chi connectivity index (χ4n) is 2.38. The molecule has 1 amide bonds. The van der Waals surface area contributed by atoms with Crippen LogP contribution < -0.4 is 11.1 Å². The molecule has 1 aliphatic heterocycles. The van der Waals surface area contributed by atoms with Crippen LogP contribution in [0.15, 0.2) is 18.2 Å². The molecule has 1 aromatic carbocycles. The monoisotopic (exact) mass is 262 g/mol. The molecule has 0 unspecified atom stereocenters. The highest BCUT2D eigenvalue weighted by atomic mass is 16.5. The lowest BCUT2D eigenvalue weighted by molar-refractivity contribution is 0.0238. The molecule has 2 rings (SSSR count). The molecule has 0 aromatic heterocycles. The van der Waals surface area contributed by atoms with Gasteiger partial charge in [0, 0.05) is 31.0 Å². The van der Waals surface area contributed by atoms with Gasteiger partial charge in [0.25, 0.3) is 5.91 Å². The van der Waals surface area contributed by atoms with Crippen molar-refractivity contribution in [3.63, 3.8) is 0 Å². The minimum absolute atomic E-state index is 0.0527. The second kappa shape index (κ2) is 5.61. The summed E-state index contributed by atoms with van der Waals surface area (Å²) in [5.74, 6) is -0.0527. The van der Waals surface area contributed by atoms with Gasteiger partial charge in [-0.2, -0.15) is 0 Å². The van der Waals surface area contributed by atoms with Crippen LogP contribution in [0.2, 0.25) is 0 Å². The van der Waals surface area contributed by atoms with E-state index in [9.17, 15) is 4.79 Å². The van der Waals surface area contributed by atoms with Crippen LogP contribution in [-0.4, -0.2) is 25.7 Å². The molecule has 0 spiro atoms. The van der Waals surface area contributed by atoms with Crippen LogP contribution in [0.3, 0.4) is 0 Å². The fraction of sp³-hybridized carbons (Fsp3) is 0.533. The van der Waals surface area contributed by atoms with Crippen molar-refractivity contribution in [2.75, 3.05) is 25.5 Å². The van der Waals surface area contributed by atoms with Crippen molar-refractivity contribution in [2.24, 2.45) is 5.41 Å². The number of nitrogens with one attached hydrogen (secondary N) is 1. The predicted molar refractivity (Wildman–Crippen MR) is 76.1 cm³/mol. The molecule has 3 N–H and O–H groups in total. The Labute approximate surface area is 114 Å². The number of ether oxygens (including phenoxy) is 1. The Morgan fingerprint density at radius 1 is 1.37 bits per heavy atom. The molecule has 1 aliphatic rings. The van der Waals surface area contributed by atoms with Crippen molar-refractivity contribution >= 4 is 11.6 Å². The van der Waals surface area contributed by atoms with Crippen molar-refractivity contribution in [3.8, 4) is 0 Å². The molecule has 1 saturated heterocycles. The number of hydrogen-bond acceptors (Lipinski definition) is 3. The smallest absolute Gasteiger partial charge is 0.251 e. The Bertz CT molecular complexity index is 445. The van der Waals surface area contributed by atoms with E-state index < -0.39 is 0 Å². The summed E-state index contributed by atoms with van der Waals surface area (Å²) >= 11 is 0. The number of anilines is 1. The molecule has 0 radical (unpaired) electrons. The topological polar surface area (TPSA) is 64.4 Å². The molecule has 4 heteroatoms. The van der Waals surface area contributed by atoms with Gasteiger partial charge >= 0.3 is 0 Å². The van der Waals surface area contributed by atoms with Crippen molar-refractivity contribution in [1.29, 1.82) is 0 Å². The van der Waals surface area contributed by atoms with Gasteiger partial charge in [-0.15, -0.1) is 0 Å². The lowest BCUT2D eigenvalue weighted by Gasteiger charge is -2.33. The van der Waals surface area contributed by atoms with E-state index in [1.54, 1.807) is 6.07 Å². The van der Waals surface area contributed by atoms with Gasteiger partial charge in [0.15, 0.2) is 0 Å². The van der Waals surface area contributed by atoms with Crippen LogP contribution in [-0.2, 0) is 4.74 Å². The van der Waals surface area contributed by atoms with E-state index in [0.717, 1.165) is 31.6 Å². The maximum atomic E-state index is 12.1. The van der Waals surface area contributed by atoms with E-state index in [0.29, 0.717) is 17.8 Å². The van der Waals surface area contributed by atoms with Crippen LogP contribution in [0, 0.1) is 12.3 Å². The zero-order chi connectivity index (χ0) is 13.9. The summed E-state index contributed by atoms with van der Waals surface area (Å²) in [4.78, 5) is 12.1. The minimum Gasteiger partial charge on any atom is -0.399 e. The number of carbonyl (C=O) groups excluding carboxylic acids is 1. The van der Waals surface area contributed by atoms with Crippen molar-refractivity contribution in [2.45, 2.75) is 26.7 Å². The number of aryl methyl sites for hydroxylation is 1. The first kappa shape index (κ1) is 13.9. The Morgan fingerprint density at radius 3 is 2.68 bits per heavy atom. The quantitative estimate of drug-likeness (QED) is 0.820. The summed E-state index contributed by atoms with van der Waals surface area (Å²) in [6.45, 7) is 6.38. The standard InChI is InChI=1S/C15H22N2O2/c1-11-7-12(9-13(16)8-11)14(18)17-10-15(2)3-5-19-6-4-15/h7-9H,3-6,10,16H2,1-2H3,(H,17,18). The summed E-state index contributed by atoms with van der Waals surface area (Å²) in [6, 6.07) is 5.43. The Morgan fingerprint density at radius 2 is 2.05 bits per heavy atom. The van der Waals surface area contributed by atoms with Gasteiger partial charge in [-0.3, -0.25) is 4.79 Å². The summed E-state index contributed by atoms with van der Waals surface area (Å²) in [6.07, 6.45) is 1.98. The van der Waals surface area contributed by atoms with Crippen LogP contribution >= 0.6 is 0 Å². The molecule has 1 heterocycles. The van der Waals surface area contributed by atoms with Gasteiger partial charge in [0.1, 0.15) is 0 Å². The van der Waals surface area contributed by atoms with E-state index in [1.165, 1.54) is 0 Å². The van der Waals surface area contributed by atoms with Gasteiger partial charge in [-0.05, 0) is 48.9 Å². The van der Waals surface area contributed by atoms with Crippen molar-refractivity contribution in [3.05, 3.63) is 29.3 Å². The number of hydrogen-bond donors (Lipinski definition) is 2. The molecular weight excluding hydrogens is 240 g/mol. The molecule has 1 fully saturated rings. The average Bonchev–Trinajstić information content (AvgIpc) is 2.36. The summed E-state index contributed by atoms with van der Waals surface area (Å²) in [5.41, 5.74) is 8.17. The molecule has 1 aromatic rings. The predicted octanol–water partition coefficient (Wildman–Crippen LogP) is 2.12. The van der Waals surface area contributed by atoms with Gasteiger partial charge in [0.2, 0.25) is 0 Å². The molecule has 4 nitrogen and oxygen atoms in total. The van der Waals surface area contributed by atoms with Gasteiger partial charge in [0.05, 0.1) is 0 Å². The van der Waals surface area contributed by atoms with E-state index in [-0.39, 0.29) is 11.3 Å². The van der Waals surface area contributed by atoms with Crippen LogP contribution in [0.4, 0.5) is 5.69 Å². The zero-order valence-electron chi connectivity index (χ0n) is 11.7. The van der Waals surface area contributed by atoms with E-state index >= 15 is 0 Å². The average molecular weight is 262 g/mol. The Balaban J connectivity index is 1.97. The fourth-order valence-corrected chi connectivity index (χ4v) is 2.38. The molecule has 0 bridgehead atoms. The number of nitrogen functional groups attached to an aromatic ring is 1. The lowest BCUT2D eigenvalue weighted by atomic mass is 9.82. The molecule has 0 atom stereocenters. The molecule has 0 saturated carbocycles. The molecule has 104 valence electrons. The van der Waals surface area contributed by atoms with E-state index in [4.69, 9.17) is 10.5 Å². The first-order chi connectivity index (χ1) is 8.98. The zero-order valence-corrected chi connectivity index (χ0v) is 11.7. The highest BCUT2D eigenvalue weighted by molar-refractivity contribution is 5.95. The second-order valence-corrected chi connectivity index (χ2v) is 5.74. The summed E-state index contributed by atoms with van der Waals surface area (Å²) < 4.78 is 5.36. The lowest BCUT2D eigenvalue weighted by Crippen LogP contribution is -2.39. The number of carbonyl (C=O) groups is 1. The van der Waals surface area contributed by atoms with Gasteiger partial charge in [-0.1, -0.05) is 6.92 Å². The number of amides is 1. The van der Waals surface area contributed by atoms with Crippen LogP contribution in [0.1, 0.15) is 35.7 Å². The number of rotatable bonds is 3. The minimum atomic E-state index is -0.0527. The summed E-state index contributed by atoms with van der Waals surface area (Å²) in [7, 11) is 0. The molecule has 0 aliphatic carbocycles. The number of benzene rings is 1. The van der Waals surface area contributed by atoms with E-state index in [1.807, 2.05) is 19.1 Å². The maximum Gasteiger partial charge on any atom is 0.251 e. The van der Waals surface area contributed by atoms with Gasteiger partial charge in [-0.25, -0.2) is 0 Å². The highest BCUT2D eigenvalue weighted by Crippen LogP contribution is 2.28. The van der Waals surface area contributed by atoms with Crippen LogP contribution in [0.5, 0.6) is 0 Å². The first-order valence-corrected chi connectivity index (χ1v) is 6.72. The maximum absolute atomic E-state index is 12.1. The Hall–Kier alpha value is -1.55. The van der Waals surface area contributed by atoms with Crippen molar-refractivity contribution in [1.82, 2.24) is 5.32 Å². The molecular formula is C15H22N2O2. The third kappa shape index (κ3) is 3.70. The SMILES string of the molecule is Cc1cc(N)cc(C(=O)NCC2(C)CCOCC2)c1. The van der Waals surface area contributed by atoms with E-state index in [2.05, 4.69) is 12.2 Å². The normalized spacial score (nSPS) is 18.0. The Kier molecular flexibility index (Phi) is 4.10. The highest BCUT2D eigenvalue weighted by Gasteiger charge is 2.27. The molecule has 19 heavy (non-hydrogen) atoms. The second-order valence-electron chi connectivity index (χ2n) is 5.74. The summed E-state index contributed by atoms with van der Waals surface area (Å²) in [5, 5.41) is 3.01.